The lowest BCUT2D eigenvalue weighted by atomic mass is 9.83. The average molecular weight is 725 g/mol. The molecule has 0 spiro atoms. The number of carbonyl (C=O) groups is 3. The summed E-state index contributed by atoms with van der Waals surface area (Å²) in [7, 11) is 0. The van der Waals surface area contributed by atoms with Crippen molar-refractivity contribution in [2.24, 2.45) is 5.92 Å². The molecule has 3 heterocycles. The molecule has 2 aliphatic rings. The van der Waals surface area contributed by atoms with Crippen molar-refractivity contribution in [3.63, 3.8) is 0 Å². The topological polar surface area (TPSA) is 88.5 Å². The Morgan fingerprint density at radius 3 is 2.41 bits per heavy atom. The molecule has 232 valence electrons. The van der Waals surface area contributed by atoms with Crippen LogP contribution < -0.4 is 15.1 Å². The Hall–Kier alpha value is -4.20. The molecule has 1 fully saturated rings. The Kier molecular flexibility index (Phi) is 7.65. The van der Waals surface area contributed by atoms with Crippen molar-refractivity contribution in [1.29, 1.82) is 0 Å². The first-order chi connectivity index (χ1) is 22.0. The van der Waals surface area contributed by atoms with Gasteiger partial charge in [-0.05, 0) is 47.3 Å². The molecule has 2 aliphatic heterocycles. The molecule has 3 atom stereocenters. The lowest BCUT2D eigenvalue weighted by Crippen LogP contribution is -2.33. The van der Waals surface area contributed by atoms with Gasteiger partial charge in [0.05, 0.1) is 22.2 Å². The Morgan fingerprint density at radius 2 is 1.63 bits per heavy atom. The molecule has 1 N–H and O–H groups in total. The maximum Gasteiger partial charge on any atom is 0.416 e. The standard InChI is InChI=1S/C33H21BrF3N3O4S2/c34-20-10-3-8-18(14-20)25-26-27(30(43)40(29(26)42)21-11-5-9-19(15-21)33(35,36)37)45-31-28(25)46-32(44)39(31)16-24(41)38-23-13-4-7-17-6-1-2-12-22(17)23/h1-15,25-27H,16H2,(H,38,41)/t25-,26?,27?/m1/s1. The number of amides is 3. The lowest BCUT2D eigenvalue weighted by Gasteiger charge is -2.30. The van der Waals surface area contributed by atoms with Crippen LogP contribution in [0, 0.1) is 5.92 Å². The minimum absolute atomic E-state index is 0.178. The fourth-order valence-corrected chi connectivity index (χ4v) is 9.25. The smallest absolute Gasteiger partial charge is 0.324 e. The number of nitrogens with zero attached hydrogens (tertiary/aromatic N) is 2. The number of benzene rings is 4. The summed E-state index contributed by atoms with van der Waals surface area (Å²) >= 11 is 5.34. The van der Waals surface area contributed by atoms with Gasteiger partial charge in [0.2, 0.25) is 17.7 Å². The van der Waals surface area contributed by atoms with E-state index in [1.165, 1.54) is 10.6 Å². The van der Waals surface area contributed by atoms with Crippen molar-refractivity contribution in [3.05, 3.63) is 121 Å². The zero-order valence-electron chi connectivity index (χ0n) is 23.5. The number of nitrogens with one attached hydrogen (secondary N) is 1. The van der Waals surface area contributed by atoms with Crippen molar-refractivity contribution >= 4 is 78.9 Å². The van der Waals surface area contributed by atoms with E-state index >= 15 is 0 Å². The van der Waals surface area contributed by atoms with E-state index in [1.54, 1.807) is 30.3 Å². The highest BCUT2D eigenvalue weighted by molar-refractivity contribution is 9.10. The third-order valence-electron chi connectivity index (χ3n) is 8.05. The fourth-order valence-electron chi connectivity index (χ4n) is 6.06. The van der Waals surface area contributed by atoms with Crippen LogP contribution in [-0.4, -0.2) is 27.5 Å². The van der Waals surface area contributed by atoms with Gasteiger partial charge in [-0.1, -0.05) is 93.6 Å². The number of fused-ring (bicyclic) bond motifs is 3. The second kappa shape index (κ2) is 11.6. The summed E-state index contributed by atoms with van der Waals surface area (Å²) < 4.78 is 42.6. The lowest BCUT2D eigenvalue weighted by molar-refractivity contribution is -0.137. The predicted molar refractivity (Wildman–Crippen MR) is 174 cm³/mol. The largest absolute Gasteiger partial charge is 0.416 e. The minimum Gasteiger partial charge on any atom is -0.324 e. The van der Waals surface area contributed by atoms with Crippen LogP contribution in [0.5, 0.6) is 0 Å². The third kappa shape index (κ3) is 5.25. The Balaban J connectivity index is 1.28. The first kappa shape index (κ1) is 30.5. The van der Waals surface area contributed by atoms with E-state index in [-0.39, 0.29) is 12.2 Å². The van der Waals surface area contributed by atoms with Crippen molar-refractivity contribution in [2.45, 2.75) is 28.9 Å². The van der Waals surface area contributed by atoms with E-state index in [4.69, 9.17) is 0 Å². The van der Waals surface area contributed by atoms with Crippen molar-refractivity contribution < 1.29 is 27.6 Å². The second-order valence-corrected chi connectivity index (χ2v) is 13.9. The van der Waals surface area contributed by atoms with E-state index in [2.05, 4.69) is 21.2 Å². The van der Waals surface area contributed by atoms with Crippen molar-refractivity contribution in [2.75, 3.05) is 10.2 Å². The first-order valence-electron chi connectivity index (χ1n) is 14.0. The molecule has 3 amide bonds. The molecule has 7 rings (SSSR count). The molecule has 46 heavy (non-hydrogen) atoms. The van der Waals surface area contributed by atoms with Gasteiger partial charge in [0, 0.05) is 26.3 Å². The van der Waals surface area contributed by atoms with Gasteiger partial charge < -0.3 is 5.32 Å². The number of rotatable bonds is 5. The molecule has 0 bridgehead atoms. The molecule has 1 aromatic heterocycles. The van der Waals surface area contributed by atoms with E-state index in [9.17, 15) is 32.3 Å². The van der Waals surface area contributed by atoms with Gasteiger partial charge in [0.15, 0.2) is 0 Å². The van der Waals surface area contributed by atoms with Gasteiger partial charge >= 0.3 is 11.0 Å². The monoisotopic (exact) mass is 723 g/mol. The Labute approximate surface area is 276 Å². The molecule has 5 aromatic rings. The molecule has 0 aliphatic carbocycles. The Morgan fingerprint density at radius 1 is 0.891 bits per heavy atom. The van der Waals surface area contributed by atoms with Crippen LogP contribution in [0.1, 0.15) is 21.9 Å². The van der Waals surface area contributed by atoms with Gasteiger partial charge in [-0.3, -0.25) is 23.7 Å². The molecule has 0 saturated carbocycles. The summed E-state index contributed by atoms with van der Waals surface area (Å²) in [4.78, 5) is 55.6. The molecular weight excluding hydrogens is 703 g/mol. The highest BCUT2D eigenvalue weighted by Crippen LogP contribution is 2.54. The molecule has 1 saturated heterocycles. The number of thioether (sulfide) groups is 1. The maximum atomic E-state index is 14.0. The first-order valence-corrected chi connectivity index (χ1v) is 16.5. The molecule has 0 radical (unpaired) electrons. The molecule has 4 aromatic carbocycles. The van der Waals surface area contributed by atoms with E-state index in [1.807, 2.05) is 36.4 Å². The predicted octanol–water partition coefficient (Wildman–Crippen LogP) is 7.28. The van der Waals surface area contributed by atoms with Crippen molar-refractivity contribution in [3.8, 4) is 0 Å². The quantitative estimate of drug-likeness (QED) is 0.193. The van der Waals surface area contributed by atoms with Gasteiger partial charge in [-0.2, -0.15) is 13.2 Å². The van der Waals surface area contributed by atoms with E-state index in [0.717, 1.165) is 57.0 Å². The fraction of sp³-hybridized carbons (Fsp3) is 0.152. The summed E-state index contributed by atoms with van der Waals surface area (Å²) in [6.45, 7) is -0.344. The maximum absolute atomic E-state index is 14.0. The second-order valence-electron chi connectivity index (χ2n) is 10.9. The zero-order chi connectivity index (χ0) is 32.3. The van der Waals surface area contributed by atoms with Gasteiger partial charge in [0.1, 0.15) is 11.8 Å². The molecule has 13 heteroatoms. The van der Waals surface area contributed by atoms with Gasteiger partial charge in [-0.15, -0.1) is 0 Å². The van der Waals surface area contributed by atoms with Gasteiger partial charge in [-0.25, -0.2) is 4.90 Å². The molecular formula is C33H21BrF3N3O4S2. The van der Waals surface area contributed by atoms with Crippen LogP contribution in [0.15, 0.2) is 105 Å². The van der Waals surface area contributed by atoms with Crippen LogP contribution in [0.25, 0.3) is 10.8 Å². The van der Waals surface area contributed by atoms with Crippen LogP contribution in [0.4, 0.5) is 24.5 Å². The van der Waals surface area contributed by atoms with E-state index < -0.39 is 51.4 Å². The zero-order valence-corrected chi connectivity index (χ0v) is 26.7. The summed E-state index contributed by atoms with van der Waals surface area (Å²) in [5.74, 6) is -3.55. The van der Waals surface area contributed by atoms with Crippen LogP contribution in [0.2, 0.25) is 0 Å². The minimum atomic E-state index is -4.67. The van der Waals surface area contributed by atoms with Crippen LogP contribution in [0.3, 0.4) is 0 Å². The normalized spacial score (nSPS) is 19.3. The van der Waals surface area contributed by atoms with E-state index in [0.29, 0.717) is 25.6 Å². The highest BCUT2D eigenvalue weighted by Gasteiger charge is 2.57. The average Bonchev–Trinajstić information content (AvgIpc) is 3.47. The SMILES string of the molecule is O=C(Cn1c2c(sc1=O)[C@H](c1cccc(Br)c1)C1C(=O)N(c3cccc(C(F)(F)F)c3)C(=O)C1S2)Nc1cccc2ccccc12. The van der Waals surface area contributed by atoms with Gasteiger partial charge in [0.25, 0.3) is 0 Å². The number of aromatic nitrogens is 1. The van der Waals surface area contributed by atoms with Crippen LogP contribution in [-0.2, 0) is 27.1 Å². The number of thiazole rings is 1. The number of carbonyl (C=O) groups excluding carboxylic acids is 3. The number of anilines is 2. The number of alkyl halides is 3. The molecule has 2 unspecified atom stereocenters. The summed E-state index contributed by atoms with van der Waals surface area (Å²) in [6, 6.07) is 24.3. The Bertz CT molecular complexity index is 2120. The number of hydrogen-bond donors (Lipinski definition) is 1. The third-order valence-corrected chi connectivity index (χ3v) is 11.2. The highest BCUT2D eigenvalue weighted by atomic mass is 79.9. The van der Waals surface area contributed by atoms with Crippen molar-refractivity contribution in [1.82, 2.24) is 4.57 Å². The summed E-state index contributed by atoms with van der Waals surface area (Å²) in [6.07, 6.45) is -4.67. The number of halogens is 4. The molecule has 7 nitrogen and oxygen atoms in total. The summed E-state index contributed by atoms with van der Waals surface area (Å²) in [5.41, 5.74) is 0.0599. The number of imide groups is 1. The summed E-state index contributed by atoms with van der Waals surface area (Å²) in [5, 5.41) is 3.98. The number of hydrogen-bond acceptors (Lipinski definition) is 6. The van der Waals surface area contributed by atoms with Crippen LogP contribution >= 0.6 is 39.0 Å².